The zero-order chi connectivity index (χ0) is 24.2. The molecule has 184 valence electrons. The van der Waals surface area contributed by atoms with Crippen LogP contribution in [0.15, 0.2) is 0 Å². The van der Waals surface area contributed by atoms with Crippen molar-refractivity contribution in [1.29, 1.82) is 0 Å². The van der Waals surface area contributed by atoms with Crippen molar-refractivity contribution in [3.8, 4) is 0 Å². The van der Waals surface area contributed by atoms with Gasteiger partial charge in [-0.05, 0) is 27.7 Å². The summed E-state index contributed by atoms with van der Waals surface area (Å²) in [7, 11) is -16.6. The number of hydrogen-bond acceptors (Lipinski definition) is 16. The molecule has 0 N–H and O–H groups in total. The Morgan fingerprint density at radius 2 is 0.867 bits per heavy atom. The predicted molar refractivity (Wildman–Crippen MR) is 91.0 cm³/mol. The summed E-state index contributed by atoms with van der Waals surface area (Å²) in [5, 5.41) is 0. The van der Waals surface area contributed by atoms with Gasteiger partial charge in [-0.3, -0.25) is 36.4 Å². The predicted octanol–water partition coefficient (Wildman–Crippen LogP) is -0.0294. The van der Waals surface area contributed by atoms with Crippen LogP contribution in [-0.2, 0) is 54.5 Å². The van der Waals surface area contributed by atoms with Crippen molar-refractivity contribution in [1.82, 2.24) is 0 Å². The molecule has 30 heavy (non-hydrogen) atoms. The van der Waals surface area contributed by atoms with Gasteiger partial charge in [-0.2, -0.15) is 0 Å². The molecule has 0 aliphatic rings. The van der Waals surface area contributed by atoms with Crippen molar-refractivity contribution < 1.29 is 74.0 Å². The number of phosphoric acid groups is 4. The molecule has 16 nitrogen and oxygen atoms in total. The van der Waals surface area contributed by atoms with Gasteiger partial charge in [0.05, 0.1) is 12.2 Å². The van der Waals surface area contributed by atoms with Gasteiger partial charge in [-0.15, -0.1) is 0 Å². The van der Waals surface area contributed by atoms with Crippen molar-refractivity contribution >= 4 is 31.3 Å². The fourth-order valence-electron chi connectivity index (χ4n) is 0.985. The molecule has 0 spiro atoms. The first-order valence-corrected chi connectivity index (χ1v) is 13.5. The molecule has 0 amide bonds. The molecule has 4 unspecified atom stereocenters. The fraction of sp³-hybridized carbons (Fsp3) is 1.00. The van der Waals surface area contributed by atoms with Crippen molar-refractivity contribution in [3.05, 3.63) is 0 Å². The monoisotopic (exact) mass is 524 g/mol. The maximum Gasteiger partial charge on any atom is 0.272 e. The van der Waals surface area contributed by atoms with Crippen LogP contribution in [0.25, 0.3) is 0 Å². The maximum atomic E-state index is 11.1. The minimum Gasteiger partial charge on any atom is -0.756 e. The second-order valence-electron chi connectivity index (χ2n) is 5.21. The first-order chi connectivity index (χ1) is 13.4. The summed E-state index contributed by atoms with van der Waals surface area (Å²) < 4.78 is 75.7. The van der Waals surface area contributed by atoms with Crippen LogP contribution in [0.3, 0.4) is 0 Å². The van der Waals surface area contributed by atoms with Gasteiger partial charge in [0.25, 0.3) is 31.3 Å². The molecule has 0 aromatic carbocycles. The van der Waals surface area contributed by atoms with Gasteiger partial charge in [0, 0.05) is 14.2 Å². The standard InChI is InChI=1S/C6H17O12P3.C4H11O4P/c1-6(2)18-21(11,12)17-5-16-20(9,10)15-4-14-19(7,8)13-3;1-4(2)8-9(5,6)7-3/h6H,4-5H2,1-3H3,(H,7,8)(H,9,10)(H,11,12);4H,1-3H3,(H,5,6)/p-4. The molecular formula is C10H24O16P4-4. The second-order valence-corrected chi connectivity index (χ2v) is 11.0. The van der Waals surface area contributed by atoms with E-state index < -0.39 is 51.0 Å². The smallest absolute Gasteiger partial charge is 0.272 e. The Morgan fingerprint density at radius 1 is 0.567 bits per heavy atom. The molecule has 0 aromatic rings. The van der Waals surface area contributed by atoms with Gasteiger partial charge in [0.2, 0.25) is 0 Å². The molecule has 0 aliphatic carbocycles. The first kappa shape index (κ1) is 32.6. The highest BCUT2D eigenvalue weighted by atomic mass is 31.2. The Hall–Kier alpha value is 0.440. The second kappa shape index (κ2) is 14.6. The average molecular weight is 524 g/mol. The van der Waals surface area contributed by atoms with Crippen LogP contribution in [0, 0.1) is 0 Å². The number of phosphoric ester groups is 4. The van der Waals surface area contributed by atoms with Crippen LogP contribution < -0.4 is 19.6 Å². The summed E-state index contributed by atoms with van der Waals surface area (Å²) in [6, 6.07) is 0. The Bertz CT molecular complexity index is 664. The van der Waals surface area contributed by atoms with Gasteiger partial charge < -0.3 is 37.7 Å². The van der Waals surface area contributed by atoms with Crippen molar-refractivity contribution in [2.75, 3.05) is 27.8 Å². The van der Waals surface area contributed by atoms with E-state index in [1.165, 1.54) is 13.8 Å². The van der Waals surface area contributed by atoms with Crippen LogP contribution in [0.2, 0.25) is 0 Å². The Labute approximate surface area is 173 Å². The van der Waals surface area contributed by atoms with Crippen molar-refractivity contribution in [3.63, 3.8) is 0 Å². The highest BCUT2D eigenvalue weighted by Crippen LogP contribution is 2.45. The molecule has 0 radical (unpaired) electrons. The van der Waals surface area contributed by atoms with E-state index in [4.69, 9.17) is 0 Å². The molecule has 0 aliphatic heterocycles. The summed E-state index contributed by atoms with van der Waals surface area (Å²) in [5.74, 6) is 0. The zero-order valence-corrected chi connectivity index (χ0v) is 20.5. The molecule has 0 bridgehead atoms. The zero-order valence-electron chi connectivity index (χ0n) is 16.9. The van der Waals surface area contributed by atoms with Crippen LogP contribution in [-0.4, -0.2) is 40.0 Å². The molecule has 0 saturated heterocycles. The summed E-state index contributed by atoms with van der Waals surface area (Å²) in [6.07, 6.45) is -1.06. The highest BCUT2D eigenvalue weighted by Gasteiger charge is 2.16. The van der Waals surface area contributed by atoms with Crippen LogP contribution in [0.1, 0.15) is 27.7 Å². The molecule has 0 saturated carbocycles. The van der Waals surface area contributed by atoms with Crippen LogP contribution >= 0.6 is 31.3 Å². The first-order valence-electron chi connectivity index (χ1n) is 7.67. The lowest BCUT2D eigenvalue weighted by Gasteiger charge is -2.28. The van der Waals surface area contributed by atoms with Gasteiger partial charge in [-0.1, -0.05) is 0 Å². The van der Waals surface area contributed by atoms with Crippen LogP contribution in [0.5, 0.6) is 0 Å². The van der Waals surface area contributed by atoms with Crippen molar-refractivity contribution in [2.45, 2.75) is 39.9 Å². The number of rotatable bonds is 14. The van der Waals surface area contributed by atoms with E-state index in [0.29, 0.717) is 0 Å². The average Bonchev–Trinajstić information content (AvgIpc) is 2.52. The van der Waals surface area contributed by atoms with E-state index in [9.17, 15) is 37.8 Å². The van der Waals surface area contributed by atoms with Gasteiger partial charge in [-0.25, -0.2) is 0 Å². The number of hydrogen-bond donors (Lipinski definition) is 0. The summed E-state index contributed by atoms with van der Waals surface area (Å²) in [5.41, 5.74) is 0. The third kappa shape index (κ3) is 20.3. The Balaban J connectivity index is 0. The largest absolute Gasteiger partial charge is 0.756 e. The third-order valence-corrected chi connectivity index (χ3v) is 5.91. The van der Waals surface area contributed by atoms with E-state index in [-0.39, 0.29) is 6.10 Å². The quantitative estimate of drug-likeness (QED) is 0.214. The SMILES string of the molecule is COP(=O)([O-])OC(C)C.COP(=O)([O-])OCOP(=O)([O-])OCOP(=O)([O-])OC(C)C. The molecule has 0 rings (SSSR count). The minimum atomic E-state index is -5.04. The summed E-state index contributed by atoms with van der Waals surface area (Å²) >= 11 is 0. The summed E-state index contributed by atoms with van der Waals surface area (Å²) in [4.78, 5) is 43.2. The lowest BCUT2D eigenvalue weighted by atomic mass is 10.5. The van der Waals surface area contributed by atoms with E-state index >= 15 is 0 Å². The maximum absolute atomic E-state index is 11.1. The Kier molecular flexibility index (Phi) is 15.8. The molecule has 0 fully saturated rings. The van der Waals surface area contributed by atoms with E-state index in [2.05, 4.69) is 36.2 Å². The van der Waals surface area contributed by atoms with E-state index in [1.54, 1.807) is 13.8 Å². The molecule has 0 aromatic heterocycles. The van der Waals surface area contributed by atoms with Gasteiger partial charge in [0.15, 0.2) is 13.6 Å². The lowest BCUT2D eigenvalue weighted by molar-refractivity contribution is -0.251. The molecule has 20 heteroatoms. The van der Waals surface area contributed by atoms with Gasteiger partial charge >= 0.3 is 0 Å². The lowest BCUT2D eigenvalue weighted by Crippen LogP contribution is -2.16. The summed E-state index contributed by atoms with van der Waals surface area (Å²) in [6.45, 7) is 3.56. The topological polar surface area (TPSA) is 234 Å². The van der Waals surface area contributed by atoms with Crippen LogP contribution in [0.4, 0.5) is 0 Å². The minimum absolute atomic E-state index is 0.353. The van der Waals surface area contributed by atoms with Gasteiger partial charge in [0.1, 0.15) is 0 Å². The molecular weight excluding hydrogens is 500 g/mol. The molecule has 0 heterocycles. The highest BCUT2D eigenvalue weighted by molar-refractivity contribution is 7.47. The Morgan fingerprint density at radius 3 is 1.17 bits per heavy atom. The van der Waals surface area contributed by atoms with Crippen molar-refractivity contribution in [2.24, 2.45) is 0 Å². The fourth-order valence-corrected chi connectivity index (χ4v) is 3.24. The molecule has 4 atom stereocenters. The van der Waals surface area contributed by atoms with E-state index in [0.717, 1.165) is 14.2 Å². The third-order valence-electron chi connectivity index (χ3n) is 1.97. The normalized spacial score (nSPS) is 19.9. The van der Waals surface area contributed by atoms with E-state index in [1.807, 2.05) is 0 Å².